The highest BCUT2D eigenvalue weighted by Crippen LogP contribution is 2.24. The predicted molar refractivity (Wildman–Crippen MR) is 87.3 cm³/mol. The van der Waals surface area contributed by atoms with Crippen LogP contribution in [0.4, 0.5) is 0 Å². The molecule has 0 saturated heterocycles. The number of hydrogen-bond donors (Lipinski definition) is 0. The van der Waals surface area contributed by atoms with Crippen LogP contribution in [0.2, 0.25) is 0 Å². The van der Waals surface area contributed by atoms with E-state index in [0.29, 0.717) is 11.4 Å². The smallest absolute Gasteiger partial charge is 0.339 e. The minimum absolute atomic E-state index is 0.0482. The molecular formula is C18H23NO3. The van der Waals surface area contributed by atoms with Crippen LogP contribution in [0.15, 0.2) is 30.3 Å². The summed E-state index contributed by atoms with van der Waals surface area (Å²) < 4.78 is 11.2. The molecule has 0 saturated carbocycles. The molecule has 0 bridgehead atoms. The third-order valence-corrected chi connectivity index (χ3v) is 3.69. The Bertz CT molecular complexity index is 654. The molecule has 1 heterocycles. The Labute approximate surface area is 131 Å². The third-order valence-electron chi connectivity index (χ3n) is 3.69. The summed E-state index contributed by atoms with van der Waals surface area (Å²) in [5.74, 6) is 0.131. The Kier molecular flexibility index (Phi) is 5.36. The van der Waals surface area contributed by atoms with Crippen LogP contribution in [0, 0.1) is 0 Å². The number of para-hydroxylation sites is 1. The summed E-state index contributed by atoms with van der Waals surface area (Å²) in [4.78, 5) is 16.9. The van der Waals surface area contributed by atoms with Crippen LogP contribution in [0.3, 0.4) is 0 Å². The fourth-order valence-corrected chi connectivity index (χ4v) is 2.00. The summed E-state index contributed by atoms with van der Waals surface area (Å²) in [7, 11) is 0. The molecule has 0 aliphatic rings. The van der Waals surface area contributed by atoms with Gasteiger partial charge in [-0.2, -0.15) is 0 Å². The summed E-state index contributed by atoms with van der Waals surface area (Å²) in [6.45, 7) is 7.90. The van der Waals surface area contributed by atoms with Crippen molar-refractivity contribution in [3.05, 3.63) is 35.9 Å². The molecule has 2 atom stereocenters. The zero-order valence-corrected chi connectivity index (χ0v) is 13.6. The molecule has 0 aliphatic heterocycles. The number of esters is 1. The second-order valence-corrected chi connectivity index (χ2v) is 5.49. The standard InChI is InChI=1S/C18H23NO3/c1-5-12(3)21-17-11-15(18(20)22-13(4)6-2)14-9-7-8-10-16(14)19-17/h7-13H,5-6H2,1-4H3. The maximum atomic E-state index is 12.4. The van der Waals surface area contributed by atoms with E-state index in [4.69, 9.17) is 9.47 Å². The lowest BCUT2D eigenvalue weighted by atomic mass is 10.1. The Morgan fingerprint density at radius 2 is 1.82 bits per heavy atom. The van der Waals surface area contributed by atoms with E-state index >= 15 is 0 Å². The van der Waals surface area contributed by atoms with Gasteiger partial charge in [-0.25, -0.2) is 9.78 Å². The molecule has 0 amide bonds. The number of aromatic nitrogens is 1. The maximum absolute atomic E-state index is 12.4. The highest BCUT2D eigenvalue weighted by atomic mass is 16.5. The fraction of sp³-hybridized carbons (Fsp3) is 0.444. The van der Waals surface area contributed by atoms with Crippen molar-refractivity contribution < 1.29 is 14.3 Å². The van der Waals surface area contributed by atoms with Gasteiger partial charge >= 0.3 is 5.97 Å². The van der Waals surface area contributed by atoms with Gasteiger partial charge in [-0.05, 0) is 32.8 Å². The highest BCUT2D eigenvalue weighted by Gasteiger charge is 2.17. The number of benzene rings is 1. The molecule has 4 nitrogen and oxygen atoms in total. The van der Waals surface area contributed by atoms with Crippen LogP contribution >= 0.6 is 0 Å². The van der Waals surface area contributed by atoms with Gasteiger partial charge < -0.3 is 9.47 Å². The van der Waals surface area contributed by atoms with Gasteiger partial charge in [0, 0.05) is 11.5 Å². The molecule has 2 aromatic rings. The molecule has 2 rings (SSSR count). The van der Waals surface area contributed by atoms with E-state index in [2.05, 4.69) is 4.98 Å². The summed E-state index contributed by atoms with van der Waals surface area (Å²) in [5.41, 5.74) is 1.24. The predicted octanol–water partition coefficient (Wildman–Crippen LogP) is 4.37. The third kappa shape index (κ3) is 3.75. The second-order valence-electron chi connectivity index (χ2n) is 5.49. The molecule has 0 radical (unpaired) electrons. The van der Waals surface area contributed by atoms with Crippen LogP contribution in [-0.2, 0) is 4.74 Å². The van der Waals surface area contributed by atoms with Crippen molar-refractivity contribution >= 4 is 16.9 Å². The van der Waals surface area contributed by atoms with Gasteiger partial charge in [-0.15, -0.1) is 0 Å². The van der Waals surface area contributed by atoms with Crippen LogP contribution < -0.4 is 4.74 Å². The highest BCUT2D eigenvalue weighted by molar-refractivity contribution is 6.03. The van der Waals surface area contributed by atoms with E-state index in [1.807, 2.05) is 52.0 Å². The van der Waals surface area contributed by atoms with Crippen LogP contribution in [0.5, 0.6) is 5.88 Å². The van der Waals surface area contributed by atoms with Gasteiger partial charge in [-0.3, -0.25) is 0 Å². The van der Waals surface area contributed by atoms with E-state index in [1.54, 1.807) is 6.07 Å². The normalized spacial score (nSPS) is 13.6. The lowest BCUT2D eigenvalue weighted by Crippen LogP contribution is -2.16. The number of pyridine rings is 1. The molecule has 22 heavy (non-hydrogen) atoms. The Hall–Kier alpha value is -2.10. The first kappa shape index (κ1) is 16.3. The molecule has 0 N–H and O–H groups in total. The van der Waals surface area contributed by atoms with Crippen LogP contribution in [-0.4, -0.2) is 23.2 Å². The Morgan fingerprint density at radius 3 is 2.50 bits per heavy atom. The van der Waals surface area contributed by atoms with Crippen molar-refractivity contribution in [3.63, 3.8) is 0 Å². The van der Waals surface area contributed by atoms with E-state index < -0.39 is 0 Å². The van der Waals surface area contributed by atoms with Crippen molar-refractivity contribution in [3.8, 4) is 5.88 Å². The first-order chi connectivity index (χ1) is 10.5. The van der Waals surface area contributed by atoms with Gasteiger partial charge in [0.1, 0.15) is 0 Å². The molecule has 0 spiro atoms. The molecular weight excluding hydrogens is 278 g/mol. The van der Waals surface area contributed by atoms with Crippen molar-refractivity contribution in [1.29, 1.82) is 0 Å². The number of carbonyl (C=O) groups is 1. The Balaban J connectivity index is 2.43. The van der Waals surface area contributed by atoms with Crippen molar-refractivity contribution in [2.24, 2.45) is 0 Å². The van der Waals surface area contributed by atoms with E-state index in [1.165, 1.54) is 0 Å². The Morgan fingerprint density at radius 1 is 1.14 bits per heavy atom. The molecule has 0 aliphatic carbocycles. The van der Waals surface area contributed by atoms with E-state index in [0.717, 1.165) is 23.7 Å². The largest absolute Gasteiger partial charge is 0.475 e. The number of rotatable bonds is 6. The molecule has 2 unspecified atom stereocenters. The van der Waals surface area contributed by atoms with Gasteiger partial charge in [0.25, 0.3) is 0 Å². The van der Waals surface area contributed by atoms with Crippen LogP contribution in [0.25, 0.3) is 10.9 Å². The summed E-state index contributed by atoms with van der Waals surface area (Å²) >= 11 is 0. The first-order valence-electron chi connectivity index (χ1n) is 7.82. The fourth-order valence-electron chi connectivity index (χ4n) is 2.00. The topological polar surface area (TPSA) is 48.4 Å². The van der Waals surface area contributed by atoms with E-state index in [9.17, 15) is 4.79 Å². The lowest BCUT2D eigenvalue weighted by Gasteiger charge is -2.15. The van der Waals surface area contributed by atoms with Gasteiger partial charge in [0.15, 0.2) is 0 Å². The summed E-state index contributed by atoms with van der Waals surface area (Å²) in [5, 5.41) is 0.785. The second kappa shape index (κ2) is 7.25. The lowest BCUT2D eigenvalue weighted by molar-refractivity contribution is 0.0336. The number of ether oxygens (including phenoxy) is 2. The molecule has 118 valence electrons. The number of fused-ring (bicyclic) bond motifs is 1. The first-order valence-corrected chi connectivity index (χ1v) is 7.82. The monoisotopic (exact) mass is 301 g/mol. The number of hydrogen-bond acceptors (Lipinski definition) is 4. The maximum Gasteiger partial charge on any atom is 0.339 e. The number of nitrogens with zero attached hydrogens (tertiary/aromatic N) is 1. The number of carbonyl (C=O) groups excluding carboxylic acids is 1. The minimum atomic E-state index is -0.332. The zero-order chi connectivity index (χ0) is 16.1. The average Bonchev–Trinajstić information content (AvgIpc) is 2.53. The molecule has 1 aromatic carbocycles. The quantitative estimate of drug-likeness (QED) is 0.743. The zero-order valence-electron chi connectivity index (χ0n) is 13.6. The van der Waals surface area contributed by atoms with Gasteiger partial charge in [-0.1, -0.05) is 32.0 Å². The van der Waals surface area contributed by atoms with Crippen molar-refractivity contribution in [1.82, 2.24) is 4.98 Å². The van der Waals surface area contributed by atoms with E-state index in [-0.39, 0.29) is 18.2 Å². The summed E-state index contributed by atoms with van der Waals surface area (Å²) in [6, 6.07) is 9.21. The average molecular weight is 301 g/mol. The van der Waals surface area contributed by atoms with Gasteiger partial charge in [0.2, 0.25) is 5.88 Å². The molecule has 0 fully saturated rings. The SMILES string of the molecule is CCC(C)OC(=O)c1cc(OC(C)CC)nc2ccccc12. The van der Waals surface area contributed by atoms with Crippen LogP contribution in [0.1, 0.15) is 50.9 Å². The van der Waals surface area contributed by atoms with Crippen molar-refractivity contribution in [2.75, 3.05) is 0 Å². The summed E-state index contributed by atoms with van der Waals surface area (Å²) in [6.07, 6.45) is 1.59. The van der Waals surface area contributed by atoms with Gasteiger partial charge in [0.05, 0.1) is 23.3 Å². The molecule has 4 heteroatoms. The minimum Gasteiger partial charge on any atom is -0.475 e. The molecule has 1 aromatic heterocycles. The van der Waals surface area contributed by atoms with Crippen molar-refractivity contribution in [2.45, 2.75) is 52.7 Å².